The maximum Gasteiger partial charge on any atom is 0.259 e. The van der Waals surface area contributed by atoms with Gasteiger partial charge in [-0.1, -0.05) is 18.1 Å². The normalized spacial score (nSPS) is 20.5. The smallest absolute Gasteiger partial charge is 0.259 e. The number of amides is 1. The van der Waals surface area contributed by atoms with Gasteiger partial charge in [0.15, 0.2) is 0 Å². The highest BCUT2D eigenvalue weighted by Gasteiger charge is 2.51. The van der Waals surface area contributed by atoms with Crippen LogP contribution in [0.25, 0.3) is 0 Å². The molecule has 0 saturated carbocycles. The molecule has 2 aromatic rings. The summed E-state index contributed by atoms with van der Waals surface area (Å²) in [7, 11) is 0. The predicted molar refractivity (Wildman–Crippen MR) is 108 cm³/mol. The van der Waals surface area contributed by atoms with Gasteiger partial charge in [-0.3, -0.25) is 9.78 Å². The van der Waals surface area contributed by atoms with E-state index < -0.39 is 0 Å². The molecule has 0 aromatic carbocycles. The molecule has 0 aliphatic carbocycles. The lowest BCUT2D eigenvalue weighted by Crippen LogP contribution is -2.60. The van der Waals surface area contributed by atoms with Gasteiger partial charge in [0.1, 0.15) is 11.3 Å². The van der Waals surface area contributed by atoms with Crippen LogP contribution in [0.15, 0.2) is 22.7 Å². The van der Waals surface area contributed by atoms with E-state index >= 15 is 0 Å². The van der Waals surface area contributed by atoms with Gasteiger partial charge in [0.05, 0.1) is 28.8 Å². The van der Waals surface area contributed by atoms with Crippen molar-refractivity contribution in [1.82, 2.24) is 15.0 Å². The largest absolute Gasteiger partial charge is 0.371 e. The number of pyridine rings is 1. The third-order valence-electron chi connectivity index (χ3n) is 5.46. The Morgan fingerprint density at radius 2 is 2.21 bits per heavy atom. The number of aryl methyl sites for hydroxylation is 3. The predicted octanol–water partition coefficient (Wildman–Crippen LogP) is 3.56. The van der Waals surface area contributed by atoms with Gasteiger partial charge >= 0.3 is 0 Å². The molecule has 1 spiro atoms. The second-order valence-corrected chi connectivity index (χ2v) is 9.37. The zero-order chi connectivity index (χ0) is 19.7. The highest BCUT2D eigenvalue weighted by atomic mass is 32.2. The average Bonchev–Trinajstić information content (AvgIpc) is 3.23. The lowest BCUT2D eigenvalue weighted by Gasteiger charge is -2.47. The molecule has 28 heavy (non-hydrogen) atoms. The van der Waals surface area contributed by atoms with E-state index in [1.807, 2.05) is 48.7 Å². The van der Waals surface area contributed by atoms with Crippen LogP contribution in [0.2, 0.25) is 0 Å². The molecule has 2 aromatic heterocycles. The maximum atomic E-state index is 12.9. The summed E-state index contributed by atoms with van der Waals surface area (Å²) in [5.41, 5.74) is 3.35. The van der Waals surface area contributed by atoms with Crippen molar-refractivity contribution in [2.24, 2.45) is 0 Å². The van der Waals surface area contributed by atoms with E-state index in [-0.39, 0.29) is 16.8 Å². The summed E-state index contributed by atoms with van der Waals surface area (Å²) in [4.78, 5) is 19.4. The topological polar surface area (TPSA) is 68.5 Å². The highest BCUT2D eigenvalue weighted by molar-refractivity contribution is 8.01. The Labute approximate surface area is 170 Å². The Balaban J connectivity index is 1.31. The van der Waals surface area contributed by atoms with Gasteiger partial charge < -0.3 is 14.2 Å². The summed E-state index contributed by atoms with van der Waals surface area (Å²) in [6.45, 7) is 8.01. The first-order valence-corrected chi connectivity index (χ1v) is 10.9. The molecule has 0 bridgehead atoms. The van der Waals surface area contributed by atoms with Crippen LogP contribution in [0.1, 0.15) is 53.0 Å². The van der Waals surface area contributed by atoms with Crippen molar-refractivity contribution >= 4 is 17.7 Å². The lowest BCUT2D eigenvalue weighted by molar-refractivity contribution is 0.0243. The molecule has 0 N–H and O–H groups in total. The minimum atomic E-state index is 0.0572. The third-order valence-corrected chi connectivity index (χ3v) is 7.03. The molecule has 0 radical (unpaired) electrons. The minimum Gasteiger partial charge on any atom is -0.371 e. The number of ether oxygens (including phenoxy) is 1. The Morgan fingerprint density at radius 1 is 1.39 bits per heavy atom. The molecular weight excluding hydrogens is 374 g/mol. The van der Waals surface area contributed by atoms with Gasteiger partial charge in [0, 0.05) is 31.0 Å². The first-order valence-electron chi connectivity index (χ1n) is 9.92. The van der Waals surface area contributed by atoms with Crippen LogP contribution in [0, 0.1) is 13.8 Å². The molecule has 6 nitrogen and oxygen atoms in total. The molecule has 1 amide bonds. The van der Waals surface area contributed by atoms with Gasteiger partial charge in [-0.25, -0.2) is 0 Å². The van der Waals surface area contributed by atoms with Crippen molar-refractivity contribution in [2.75, 3.05) is 18.8 Å². The van der Waals surface area contributed by atoms with Gasteiger partial charge in [-0.15, -0.1) is 11.8 Å². The zero-order valence-electron chi connectivity index (χ0n) is 16.7. The molecule has 150 valence electrons. The molecule has 4 rings (SSSR count). The highest BCUT2D eigenvalue weighted by Crippen LogP contribution is 2.46. The number of likely N-dealkylation sites (tertiary alicyclic amines) is 1. The number of nitrogens with zero attached hydrogens (tertiary/aromatic N) is 3. The molecule has 2 aliphatic rings. The van der Waals surface area contributed by atoms with E-state index in [9.17, 15) is 4.79 Å². The fourth-order valence-electron chi connectivity index (χ4n) is 4.05. The molecule has 2 aliphatic heterocycles. The minimum absolute atomic E-state index is 0.0572. The Morgan fingerprint density at radius 3 is 2.96 bits per heavy atom. The van der Waals surface area contributed by atoms with Crippen molar-refractivity contribution in [2.45, 2.75) is 57.5 Å². The van der Waals surface area contributed by atoms with Crippen LogP contribution in [-0.4, -0.2) is 50.6 Å². The van der Waals surface area contributed by atoms with Gasteiger partial charge in [0.25, 0.3) is 5.91 Å². The van der Waals surface area contributed by atoms with E-state index in [0.717, 1.165) is 55.3 Å². The SMILES string of the molecule is CCCc1onc(C)c1C(=O)N1CC2(C[C@H](OCc3cccc(C)n3)CS2)C1. The number of hydrogen-bond acceptors (Lipinski definition) is 6. The maximum absolute atomic E-state index is 12.9. The van der Waals surface area contributed by atoms with Gasteiger partial charge in [-0.2, -0.15) is 0 Å². The number of thioether (sulfide) groups is 1. The monoisotopic (exact) mass is 401 g/mol. The van der Waals surface area contributed by atoms with E-state index in [2.05, 4.69) is 17.1 Å². The molecule has 1 atom stereocenters. The van der Waals surface area contributed by atoms with Crippen molar-refractivity contribution in [3.8, 4) is 0 Å². The van der Waals surface area contributed by atoms with Crippen LogP contribution in [-0.2, 0) is 17.8 Å². The summed E-state index contributed by atoms with van der Waals surface area (Å²) < 4.78 is 11.6. The third kappa shape index (κ3) is 3.82. The number of carbonyl (C=O) groups is 1. The Bertz CT molecular complexity index is 860. The second-order valence-electron chi connectivity index (χ2n) is 7.88. The van der Waals surface area contributed by atoms with Crippen molar-refractivity contribution in [3.63, 3.8) is 0 Å². The van der Waals surface area contributed by atoms with Crippen LogP contribution in [0.5, 0.6) is 0 Å². The average molecular weight is 402 g/mol. The molecule has 7 heteroatoms. The van der Waals surface area contributed by atoms with Crippen LogP contribution in [0.4, 0.5) is 0 Å². The number of hydrogen-bond donors (Lipinski definition) is 0. The lowest BCUT2D eigenvalue weighted by atomic mass is 9.92. The van der Waals surface area contributed by atoms with Crippen LogP contribution >= 0.6 is 11.8 Å². The fraction of sp³-hybridized carbons (Fsp3) is 0.571. The summed E-state index contributed by atoms with van der Waals surface area (Å²) in [5, 5.41) is 4.00. The summed E-state index contributed by atoms with van der Waals surface area (Å²) in [6.07, 6.45) is 2.89. The molecule has 4 heterocycles. The van der Waals surface area contributed by atoms with Crippen molar-refractivity contribution in [1.29, 1.82) is 0 Å². The van der Waals surface area contributed by atoms with Gasteiger partial charge in [-0.05, 0) is 38.8 Å². The fourth-order valence-corrected chi connectivity index (χ4v) is 5.60. The zero-order valence-corrected chi connectivity index (χ0v) is 17.6. The molecule has 0 unspecified atom stereocenters. The molecule has 2 saturated heterocycles. The Hall–Kier alpha value is -1.86. The molecule has 2 fully saturated rings. The van der Waals surface area contributed by atoms with Crippen molar-refractivity contribution < 1.29 is 14.1 Å². The van der Waals surface area contributed by atoms with Crippen LogP contribution in [0.3, 0.4) is 0 Å². The second kappa shape index (κ2) is 7.87. The van der Waals surface area contributed by atoms with E-state index in [0.29, 0.717) is 17.9 Å². The summed E-state index contributed by atoms with van der Waals surface area (Å²) in [6, 6.07) is 6.01. The number of rotatable bonds is 6. The Kier molecular flexibility index (Phi) is 5.47. The first-order chi connectivity index (χ1) is 13.5. The standard InChI is InChI=1S/C21H27N3O3S/c1-4-6-18-19(15(3)23-27-18)20(25)24-12-21(13-24)9-17(11-28-21)26-10-16-8-5-7-14(2)22-16/h5,7-8,17H,4,6,9-13H2,1-3H3/t17-/m0/s1. The number of carbonyl (C=O) groups excluding carboxylic acids is 1. The van der Waals surface area contributed by atoms with Crippen molar-refractivity contribution in [3.05, 3.63) is 46.6 Å². The number of aromatic nitrogens is 2. The van der Waals surface area contributed by atoms with E-state index in [4.69, 9.17) is 9.26 Å². The quantitative estimate of drug-likeness (QED) is 0.737. The summed E-state index contributed by atoms with van der Waals surface area (Å²) in [5.74, 6) is 1.75. The van der Waals surface area contributed by atoms with Crippen LogP contribution < -0.4 is 0 Å². The van der Waals surface area contributed by atoms with E-state index in [1.165, 1.54) is 0 Å². The summed E-state index contributed by atoms with van der Waals surface area (Å²) >= 11 is 1.94. The van der Waals surface area contributed by atoms with Gasteiger partial charge in [0.2, 0.25) is 0 Å². The van der Waals surface area contributed by atoms with E-state index in [1.54, 1.807) is 0 Å². The first kappa shape index (κ1) is 19.5. The molecular formula is C21H27N3O3S.